The Kier molecular flexibility index (Phi) is 4.60. The van der Waals surface area contributed by atoms with E-state index in [1.807, 2.05) is 6.07 Å². The fraction of sp³-hybridized carbons (Fsp3) is 0.462. The quantitative estimate of drug-likeness (QED) is 0.877. The molecule has 0 spiro atoms. The van der Waals surface area contributed by atoms with Crippen LogP contribution in [-0.4, -0.2) is 30.8 Å². The van der Waals surface area contributed by atoms with Crippen molar-refractivity contribution in [3.05, 3.63) is 28.2 Å². The van der Waals surface area contributed by atoms with Gasteiger partial charge in [-0.3, -0.25) is 0 Å². The Bertz CT molecular complexity index is 430. The number of halogens is 1. The molecule has 1 aromatic rings. The van der Waals surface area contributed by atoms with Crippen LogP contribution in [0.3, 0.4) is 0 Å². The molecule has 0 bridgehead atoms. The second-order valence-corrected chi connectivity index (χ2v) is 5.36. The van der Waals surface area contributed by atoms with Crippen LogP contribution in [0, 0.1) is 5.92 Å². The molecule has 0 saturated carbocycles. The number of rotatable bonds is 5. The highest BCUT2D eigenvalue weighted by molar-refractivity contribution is 9.10. The van der Waals surface area contributed by atoms with Crippen LogP contribution in [0.2, 0.25) is 0 Å². The third kappa shape index (κ3) is 3.46. The fourth-order valence-corrected chi connectivity index (χ4v) is 2.43. The molecule has 1 aliphatic heterocycles. The van der Waals surface area contributed by atoms with Crippen LogP contribution in [0.5, 0.6) is 0 Å². The van der Waals surface area contributed by atoms with Crippen molar-refractivity contribution in [2.45, 2.75) is 12.8 Å². The van der Waals surface area contributed by atoms with Crippen molar-refractivity contribution < 1.29 is 14.6 Å². The van der Waals surface area contributed by atoms with Gasteiger partial charge in [-0.15, -0.1) is 0 Å². The zero-order valence-electron chi connectivity index (χ0n) is 9.99. The van der Waals surface area contributed by atoms with Crippen LogP contribution in [0.1, 0.15) is 23.2 Å². The van der Waals surface area contributed by atoms with E-state index in [0.717, 1.165) is 37.1 Å². The van der Waals surface area contributed by atoms with Gasteiger partial charge in [0.25, 0.3) is 0 Å². The van der Waals surface area contributed by atoms with Gasteiger partial charge in [0, 0.05) is 29.9 Å². The molecule has 0 aliphatic carbocycles. The summed E-state index contributed by atoms with van der Waals surface area (Å²) in [7, 11) is 0. The summed E-state index contributed by atoms with van der Waals surface area (Å²) in [6, 6.07) is 5.25. The normalized spacial score (nSPS) is 18.8. The van der Waals surface area contributed by atoms with Gasteiger partial charge < -0.3 is 15.2 Å². The molecule has 1 aromatic carbocycles. The number of carboxylic acid groups (broad SMARTS) is 1. The second-order valence-electron chi connectivity index (χ2n) is 4.44. The number of carboxylic acids is 1. The fourth-order valence-electron chi connectivity index (χ4n) is 2.07. The Morgan fingerprint density at radius 2 is 2.39 bits per heavy atom. The van der Waals surface area contributed by atoms with Gasteiger partial charge in [0.05, 0.1) is 5.56 Å². The van der Waals surface area contributed by atoms with Crippen LogP contribution in [0.25, 0.3) is 0 Å². The Morgan fingerprint density at radius 1 is 1.56 bits per heavy atom. The molecule has 5 heteroatoms. The van der Waals surface area contributed by atoms with Crippen molar-refractivity contribution in [3.63, 3.8) is 0 Å². The van der Waals surface area contributed by atoms with E-state index < -0.39 is 5.97 Å². The maximum Gasteiger partial charge on any atom is 0.337 e. The van der Waals surface area contributed by atoms with E-state index in [0.29, 0.717) is 17.2 Å². The third-order valence-electron chi connectivity index (χ3n) is 3.10. The molecule has 98 valence electrons. The summed E-state index contributed by atoms with van der Waals surface area (Å²) in [6.07, 6.45) is 2.11. The Balaban J connectivity index is 1.93. The maximum atomic E-state index is 11.1. The monoisotopic (exact) mass is 313 g/mol. The summed E-state index contributed by atoms with van der Waals surface area (Å²) in [4.78, 5) is 11.1. The van der Waals surface area contributed by atoms with Gasteiger partial charge in [0.1, 0.15) is 0 Å². The molecule has 1 atom stereocenters. The van der Waals surface area contributed by atoms with Crippen LogP contribution >= 0.6 is 15.9 Å². The summed E-state index contributed by atoms with van der Waals surface area (Å²) in [5.74, 6) is -0.316. The molecule has 1 unspecified atom stereocenters. The van der Waals surface area contributed by atoms with Gasteiger partial charge in [0.15, 0.2) is 0 Å². The molecule has 1 saturated heterocycles. The minimum atomic E-state index is -0.914. The molecule has 2 N–H and O–H groups in total. The van der Waals surface area contributed by atoms with E-state index in [-0.39, 0.29) is 0 Å². The summed E-state index contributed by atoms with van der Waals surface area (Å²) >= 11 is 3.28. The molecule has 4 nitrogen and oxygen atoms in total. The Morgan fingerprint density at radius 3 is 3.06 bits per heavy atom. The first-order valence-electron chi connectivity index (χ1n) is 6.01. The molecule has 1 heterocycles. The smallest absolute Gasteiger partial charge is 0.337 e. The molecule has 0 amide bonds. The van der Waals surface area contributed by atoms with Gasteiger partial charge in [-0.25, -0.2) is 4.79 Å². The van der Waals surface area contributed by atoms with Gasteiger partial charge >= 0.3 is 5.97 Å². The first kappa shape index (κ1) is 13.4. The summed E-state index contributed by atoms with van der Waals surface area (Å²) in [6.45, 7) is 2.45. The number of benzene rings is 1. The molecule has 2 rings (SSSR count). The highest BCUT2D eigenvalue weighted by atomic mass is 79.9. The van der Waals surface area contributed by atoms with Crippen LogP contribution < -0.4 is 5.32 Å². The molecule has 0 radical (unpaired) electrons. The number of nitrogens with one attached hydrogen (secondary N) is 1. The highest BCUT2D eigenvalue weighted by Crippen LogP contribution is 2.22. The van der Waals surface area contributed by atoms with Crippen molar-refractivity contribution in [2.24, 2.45) is 5.92 Å². The minimum Gasteiger partial charge on any atom is -0.478 e. The van der Waals surface area contributed by atoms with E-state index >= 15 is 0 Å². The average Bonchev–Trinajstić information content (AvgIpc) is 2.84. The number of ether oxygens (including phenoxy) is 1. The predicted octanol–water partition coefficient (Wildman–Crippen LogP) is 2.99. The summed E-state index contributed by atoms with van der Waals surface area (Å²) in [5.41, 5.74) is 0.969. The lowest BCUT2D eigenvalue weighted by Crippen LogP contribution is -2.11. The van der Waals surface area contributed by atoms with Crippen molar-refractivity contribution in [3.8, 4) is 0 Å². The van der Waals surface area contributed by atoms with Crippen molar-refractivity contribution in [2.75, 3.05) is 25.1 Å². The Hall–Kier alpha value is -1.07. The molecular weight excluding hydrogens is 298 g/mol. The zero-order chi connectivity index (χ0) is 13.0. The lowest BCUT2D eigenvalue weighted by molar-refractivity contribution is 0.0698. The van der Waals surface area contributed by atoms with E-state index in [1.165, 1.54) is 0 Å². The SMILES string of the molecule is O=C(O)c1cc(Br)ccc1NCCC1CCOC1. The van der Waals surface area contributed by atoms with Crippen LogP contribution in [-0.2, 0) is 4.74 Å². The van der Waals surface area contributed by atoms with Crippen LogP contribution in [0.15, 0.2) is 22.7 Å². The zero-order valence-corrected chi connectivity index (χ0v) is 11.6. The maximum absolute atomic E-state index is 11.1. The van der Waals surface area contributed by atoms with Gasteiger partial charge in [-0.05, 0) is 37.0 Å². The van der Waals surface area contributed by atoms with E-state index in [1.54, 1.807) is 12.1 Å². The molecule has 18 heavy (non-hydrogen) atoms. The van der Waals surface area contributed by atoms with E-state index in [4.69, 9.17) is 9.84 Å². The molecule has 1 fully saturated rings. The highest BCUT2D eigenvalue weighted by Gasteiger charge is 2.15. The number of hydrogen-bond acceptors (Lipinski definition) is 3. The van der Waals surface area contributed by atoms with E-state index in [2.05, 4.69) is 21.2 Å². The standard InChI is InChI=1S/C13H16BrNO3/c14-10-1-2-12(11(7-10)13(16)17)15-5-3-9-4-6-18-8-9/h1-2,7,9,15H,3-6,8H2,(H,16,17). The first-order chi connectivity index (χ1) is 8.66. The number of carbonyl (C=O) groups is 1. The average molecular weight is 314 g/mol. The first-order valence-corrected chi connectivity index (χ1v) is 6.80. The van der Waals surface area contributed by atoms with Gasteiger partial charge in [-0.1, -0.05) is 15.9 Å². The topological polar surface area (TPSA) is 58.6 Å². The van der Waals surface area contributed by atoms with Crippen molar-refractivity contribution >= 4 is 27.6 Å². The molecular formula is C13H16BrNO3. The van der Waals surface area contributed by atoms with Crippen molar-refractivity contribution in [1.29, 1.82) is 0 Å². The number of hydrogen-bond donors (Lipinski definition) is 2. The largest absolute Gasteiger partial charge is 0.478 e. The summed E-state index contributed by atoms with van der Waals surface area (Å²) in [5, 5.41) is 12.3. The second kappa shape index (κ2) is 6.20. The van der Waals surface area contributed by atoms with E-state index in [9.17, 15) is 4.79 Å². The van der Waals surface area contributed by atoms with Crippen LogP contribution in [0.4, 0.5) is 5.69 Å². The predicted molar refractivity (Wildman–Crippen MR) is 73.1 cm³/mol. The third-order valence-corrected chi connectivity index (χ3v) is 3.60. The van der Waals surface area contributed by atoms with Crippen molar-refractivity contribution in [1.82, 2.24) is 0 Å². The number of aromatic carboxylic acids is 1. The lowest BCUT2D eigenvalue weighted by Gasteiger charge is -2.12. The van der Waals surface area contributed by atoms with Gasteiger partial charge in [0.2, 0.25) is 0 Å². The summed E-state index contributed by atoms with van der Waals surface area (Å²) < 4.78 is 6.08. The molecule has 1 aliphatic rings. The lowest BCUT2D eigenvalue weighted by atomic mass is 10.1. The van der Waals surface area contributed by atoms with Gasteiger partial charge in [-0.2, -0.15) is 0 Å². The minimum absolute atomic E-state index is 0.298. The Labute approximate surface area is 114 Å². The number of anilines is 1. The molecule has 0 aromatic heterocycles.